The van der Waals surface area contributed by atoms with Crippen LogP contribution < -0.4 is 0 Å². The first kappa shape index (κ1) is 18.6. The maximum Gasteiger partial charge on any atom is 0.336 e. The van der Waals surface area contributed by atoms with Crippen LogP contribution in [0.25, 0.3) is 0 Å². The zero-order valence-corrected chi connectivity index (χ0v) is 15.2. The van der Waals surface area contributed by atoms with E-state index in [0.717, 1.165) is 24.8 Å². The third-order valence-corrected chi connectivity index (χ3v) is 7.23. The lowest BCUT2D eigenvalue weighted by molar-refractivity contribution is -0.151. The number of rotatable bonds is 3. The van der Waals surface area contributed by atoms with Gasteiger partial charge in [-0.05, 0) is 49.4 Å². The number of allylic oxidation sites excluding steroid dienone is 2. The third kappa shape index (κ3) is 2.86. The van der Waals surface area contributed by atoms with Crippen LogP contribution in [0, 0.1) is 22.7 Å². The Morgan fingerprint density at radius 2 is 2.04 bits per heavy atom. The number of fused-ring (bicyclic) bond motifs is 1. The van der Waals surface area contributed by atoms with Crippen LogP contribution in [0.2, 0.25) is 0 Å². The van der Waals surface area contributed by atoms with Crippen LogP contribution in [0.1, 0.15) is 46.0 Å². The number of hydrogen-bond donors (Lipinski definition) is 3. The molecule has 25 heavy (non-hydrogen) atoms. The number of esters is 1. The molecule has 0 spiro atoms. The Hall–Kier alpha value is -1.17. The van der Waals surface area contributed by atoms with E-state index in [0.29, 0.717) is 18.4 Å². The maximum atomic E-state index is 11.8. The van der Waals surface area contributed by atoms with Crippen molar-refractivity contribution in [2.45, 2.75) is 58.2 Å². The van der Waals surface area contributed by atoms with Crippen molar-refractivity contribution in [3.8, 4) is 0 Å². The van der Waals surface area contributed by atoms with Crippen molar-refractivity contribution in [1.29, 1.82) is 0 Å². The molecule has 3 N–H and O–H groups in total. The first-order valence-corrected chi connectivity index (χ1v) is 9.26. The Morgan fingerprint density at radius 3 is 2.64 bits per heavy atom. The van der Waals surface area contributed by atoms with E-state index in [1.54, 1.807) is 0 Å². The Kier molecular flexibility index (Phi) is 4.86. The number of aliphatic hydroxyl groups is 3. The van der Waals surface area contributed by atoms with Crippen LogP contribution in [0.5, 0.6) is 0 Å². The van der Waals surface area contributed by atoms with E-state index in [9.17, 15) is 20.1 Å². The van der Waals surface area contributed by atoms with Gasteiger partial charge in [0.1, 0.15) is 12.7 Å². The lowest BCUT2D eigenvalue weighted by atomic mass is 9.46. The van der Waals surface area contributed by atoms with E-state index in [4.69, 9.17) is 4.74 Å². The van der Waals surface area contributed by atoms with Crippen LogP contribution in [-0.2, 0) is 9.53 Å². The lowest BCUT2D eigenvalue weighted by Crippen LogP contribution is -2.57. The fourth-order valence-electron chi connectivity index (χ4n) is 5.56. The van der Waals surface area contributed by atoms with E-state index in [-0.39, 0.29) is 30.5 Å². The summed E-state index contributed by atoms with van der Waals surface area (Å²) >= 11 is 0. The van der Waals surface area contributed by atoms with Crippen molar-refractivity contribution in [2.75, 3.05) is 13.2 Å². The molecule has 1 aliphatic heterocycles. The summed E-state index contributed by atoms with van der Waals surface area (Å²) in [6.07, 6.45) is 4.42. The third-order valence-electron chi connectivity index (χ3n) is 7.23. The Morgan fingerprint density at radius 1 is 1.32 bits per heavy atom. The van der Waals surface area contributed by atoms with Gasteiger partial charge in [-0.3, -0.25) is 0 Å². The Balaban J connectivity index is 1.89. The van der Waals surface area contributed by atoms with Crippen molar-refractivity contribution >= 4 is 5.97 Å². The first-order chi connectivity index (χ1) is 11.7. The molecule has 0 aromatic rings. The fraction of sp³-hybridized carbons (Fsp3) is 0.750. The summed E-state index contributed by atoms with van der Waals surface area (Å²) in [4.78, 5) is 11.8. The second-order valence-corrected chi connectivity index (χ2v) is 8.54. The summed E-state index contributed by atoms with van der Waals surface area (Å²) in [5.74, 6) is -0.0734. The van der Waals surface area contributed by atoms with E-state index in [2.05, 4.69) is 13.5 Å². The largest absolute Gasteiger partial charge is 0.459 e. The molecule has 140 valence electrons. The van der Waals surface area contributed by atoms with Gasteiger partial charge in [0.05, 0.1) is 18.3 Å². The molecule has 6 atom stereocenters. The fourth-order valence-corrected chi connectivity index (χ4v) is 5.56. The molecule has 5 nitrogen and oxygen atoms in total. The molecular formula is C20H30O5. The van der Waals surface area contributed by atoms with Gasteiger partial charge >= 0.3 is 5.97 Å². The van der Waals surface area contributed by atoms with Crippen molar-refractivity contribution in [2.24, 2.45) is 22.7 Å². The van der Waals surface area contributed by atoms with Crippen LogP contribution in [0.3, 0.4) is 0 Å². The average molecular weight is 350 g/mol. The average Bonchev–Trinajstić information content (AvgIpc) is 2.89. The van der Waals surface area contributed by atoms with E-state index < -0.39 is 23.6 Å². The van der Waals surface area contributed by atoms with Gasteiger partial charge in [-0.15, -0.1) is 0 Å². The Labute approximate surface area is 149 Å². The van der Waals surface area contributed by atoms with Gasteiger partial charge in [0.2, 0.25) is 0 Å². The maximum absolute atomic E-state index is 11.8. The molecule has 0 aromatic heterocycles. The second-order valence-electron chi connectivity index (χ2n) is 8.54. The van der Waals surface area contributed by atoms with Gasteiger partial charge in [-0.2, -0.15) is 0 Å². The smallest absolute Gasteiger partial charge is 0.336 e. The molecule has 3 aliphatic rings. The van der Waals surface area contributed by atoms with Gasteiger partial charge in [-0.1, -0.05) is 32.1 Å². The summed E-state index contributed by atoms with van der Waals surface area (Å²) < 4.78 is 4.90. The minimum absolute atomic E-state index is 0.0280. The molecule has 1 heterocycles. The molecule has 0 unspecified atom stereocenters. The monoisotopic (exact) mass is 350 g/mol. The molecule has 2 saturated carbocycles. The van der Waals surface area contributed by atoms with Crippen molar-refractivity contribution in [3.05, 3.63) is 23.8 Å². The summed E-state index contributed by atoms with van der Waals surface area (Å²) in [6, 6.07) is 0. The molecule has 2 aliphatic carbocycles. The topological polar surface area (TPSA) is 87.0 Å². The minimum atomic E-state index is -0.844. The van der Waals surface area contributed by atoms with Crippen LogP contribution in [0.4, 0.5) is 0 Å². The summed E-state index contributed by atoms with van der Waals surface area (Å²) in [5, 5.41) is 30.4. The molecule has 3 rings (SSSR count). The highest BCUT2D eigenvalue weighted by atomic mass is 16.6. The number of carbonyl (C=O) groups is 1. The Bertz CT molecular complexity index is 597. The normalized spacial score (nSPS) is 46.2. The zero-order valence-electron chi connectivity index (χ0n) is 15.2. The van der Waals surface area contributed by atoms with Crippen molar-refractivity contribution in [1.82, 2.24) is 0 Å². The number of carbonyl (C=O) groups excluding carboxylic acids is 1. The molecule has 0 bridgehead atoms. The predicted octanol–water partition coefficient (Wildman–Crippen LogP) is 1.96. The summed E-state index contributed by atoms with van der Waals surface area (Å²) in [6.45, 7) is 8.50. The number of hydrogen-bond acceptors (Lipinski definition) is 5. The SMILES string of the molecule is C=C1CC[C@@H]2[C@@](C)(CO)[C@H](O)CC[C@@]2(C)[C@@H]1C/C=C1/C(=O)OC[C@@H]1O. The van der Waals surface area contributed by atoms with E-state index >= 15 is 0 Å². The highest BCUT2D eigenvalue weighted by molar-refractivity contribution is 5.91. The van der Waals surface area contributed by atoms with E-state index in [1.807, 2.05) is 13.0 Å². The van der Waals surface area contributed by atoms with Gasteiger partial charge in [0.15, 0.2) is 0 Å². The highest BCUT2D eigenvalue weighted by Gasteiger charge is 2.57. The number of cyclic esters (lactones) is 1. The minimum Gasteiger partial charge on any atom is -0.459 e. The molecule has 0 aromatic carbocycles. The van der Waals surface area contributed by atoms with E-state index in [1.165, 1.54) is 0 Å². The van der Waals surface area contributed by atoms with Crippen LogP contribution >= 0.6 is 0 Å². The van der Waals surface area contributed by atoms with Crippen LogP contribution in [-0.4, -0.2) is 46.7 Å². The van der Waals surface area contributed by atoms with Gasteiger partial charge < -0.3 is 20.1 Å². The molecule has 0 amide bonds. The van der Waals surface area contributed by atoms with Crippen LogP contribution in [0.15, 0.2) is 23.8 Å². The quantitative estimate of drug-likeness (QED) is 0.411. The summed E-state index contributed by atoms with van der Waals surface area (Å²) in [5.41, 5.74) is 0.911. The molecule has 1 saturated heterocycles. The molecular weight excluding hydrogens is 320 g/mol. The van der Waals surface area contributed by atoms with Gasteiger partial charge in [-0.25, -0.2) is 4.79 Å². The van der Waals surface area contributed by atoms with Gasteiger partial charge in [0, 0.05) is 5.41 Å². The molecule has 5 heteroatoms. The standard InChI is InChI=1S/C20H30O5/c1-12-4-7-16-19(2,9-8-17(23)20(16,3)11-21)14(12)6-5-13-15(22)10-25-18(13)24/h5,14-17,21-23H,1,4,6-11H2,2-3H3/b13-5+/t14-,15+,16+,17-,19+,20-/m1/s1. The number of aliphatic hydroxyl groups excluding tert-OH is 3. The van der Waals surface area contributed by atoms with Crippen molar-refractivity contribution < 1.29 is 24.9 Å². The predicted molar refractivity (Wildman–Crippen MR) is 93.6 cm³/mol. The highest BCUT2D eigenvalue weighted by Crippen LogP contribution is 2.61. The lowest BCUT2D eigenvalue weighted by Gasteiger charge is -2.59. The molecule has 0 radical (unpaired) electrons. The summed E-state index contributed by atoms with van der Waals surface area (Å²) in [7, 11) is 0. The van der Waals surface area contributed by atoms with Crippen molar-refractivity contribution in [3.63, 3.8) is 0 Å². The van der Waals surface area contributed by atoms with Gasteiger partial charge in [0.25, 0.3) is 0 Å². The first-order valence-electron chi connectivity index (χ1n) is 9.26. The molecule has 3 fully saturated rings. The number of ether oxygens (including phenoxy) is 1. The second kappa shape index (κ2) is 6.53. The zero-order chi connectivity index (χ0) is 18.4.